The highest BCUT2D eigenvalue weighted by molar-refractivity contribution is 7.88. The summed E-state index contributed by atoms with van der Waals surface area (Å²) >= 11 is 0. The quantitative estimate of drug-likeness (QED) is 0.719. The van der Waals surface area contributed by atoms with Gasteiger partial charge >= 0.3 is 0 Å². The Morgan fingerprint density at radius 3 is 2.37 bits per heavy atom. The Hall–Kier alpha value is -2.32. The van der Waals surface area contributed by atoms with Crippen LogP contribution in [0.1, 0.15) is 12.2 Å². The van der Waals surface area contributed by atoms with Crippen molar-refractivity contribution >= 4 is 21.6 Å². The number of rotatable bonds is 7. The van der Waals surface area contributed by atoms with Crippen LogP contribution in [0.2, 0.25) is 0 Å². The molecule has 0 spiro atoms. The SMILES string of the molecule is CS(=O)(=O)N(CCC(=O)N1CCN(c2ccccc2)CC1)Cc1ccco1. The molecule has 3 rings (SSSR count). The fraction of sp³-hybridized carbons (Fsp3) is 0.421. The number of para-hydroxylation sites is 1. The summed E-state index contributed by atoms with van der Waals surface area (Å²) in [5.41, 5.74) is 1.16. The summed E-state index contributed by atoms with van der Waals surface area (Å²) in [6.45, 7) is 3.13. The second kappa shape index (κ2) is 8.58. The molecule has 1 fully saturated rings. The summed E-state index contributed by atoms with van der Waals surface area (Å²) < 4.78 is 30.5. The summed E-state index contributed by atoms with van der Waals surface area (Å²) in [6.07, 6.45) is 2.82. The van der Waals surface area contributed by atoms with E-state index in [-0.39, 0.29) is 25.4 Å². The molecule has 0 N–H and O–H groups in total. The average Bonchev–Trinajstić information content (AvgIpc) is 3.18. The number of sulfonamides is 1. The van der Waals surface area contributed by atoms with Gasteiger partial charge in [0.05, 0.1) is 19.1 Å². The first-order chi connectivity index (χ1) is 12.9. The summed E-state index contributed by atoms with van der Waals surface area (Å²) in [4.78, 5) is 16.6. The average molecular weight is 391 g/mol. The van der Waals surface area contributed by atoms with E-state index in [9.17, 15) is 13.2 Å². The van der Waals surface area contributed by atoms with Gasteiger partial charge in [-0.05, 0) is 24.3 Å². The van der Waals surface area contributed by atoms with Crippen LogP contribution in [0.4, 0.5) is 5.69 Å². The van der Waals surface area contributed by atoms with Crippen LogP contribution >= 0.6 is 0 Å². The molecular formula is C19H25N3O4S. The molecule has 1 amide bonds. The van der Waals surface area contributed by atoms with Gasteiger partial charge < -0.3 is 14.2 Å². The highest BCUT2D eigenvalue weighted by Gasteiger charge is 2.24. The number of hydrogen-bond donors (Lipinski definition) is 0. The van der Waals surface area contributed by atoms with Crippen LogP contribution in [0.15, 0.2) is 53.1 Å². The lowest BCUT2D eigenvalue weighted by Gasteiger charge is -2.36. The zero-order chi connectivity index (χ0) is 19.3. The van der Waals surface area contributed by atoms with Crippen molar-refractivity contribution in [1.29, 1.82) is 0 Å². The summed E-state index contributed by atoms with van der Waals surface area (Å²) in [5.74, 6) is 0.542. The van der Waals surface area contributed by atoms with Gasteiger partial charge in [-0.1, -0.05) is 18.2 Å². The maximum atomic E-state index is 12.5. The third kappa shape index (κ3) is 5.33. The molecular weight excluding hydrogens is 366 g/mol. The minimum absolute atomic E-state index is 0.0178. The minimum Gasteiger partial charge on any atom is -0.468 e. The molecule has 1 aromatic carbocycles. The number of carbonyl (C=O) groups is 1. The molecule has 0 saturated carbocycles. The van der Waals surface area contributed by atoms with Gasteiger partial charge in [-0.3, -0.25) is 4.79 Å². The van der Waals surface area contributed by atoms with Gasteiger partial charge in [0, 0.05) is 44.8 Å². The number of piperazine rings is 1. The van der Waals surface area contributed by atoms with Crippen molar-refractivity contribution < 1.29 is 17.6 Å². The normalized spacial score (nSPS) is 15.3. The third-order valence-electron chi connectivity index (χ3n) is 4.71. The van der Waals surface area contributed by atoms with Crippen LogP contribution in [0, 0.1) is 0 Å². The maximum Gasteiger partial charge on any atom is 0.224 e. The van der Waals surface area contributed by atoms with E-state index in [0.29, 0.717) is 18.8 Å². The lowest BCUT2D eigenvalue weighted by Crippen LogP contribution is -2.49. The maximum absolute atomic E-state index is 12.5. The van der Waals surface area contributed by atoms with E-state index in [1.165, 1.54) is 10.6 Å². The van der Waals surface area contributed by atoms with E-state index in [1.807, 2.05) is 23.1 Å². The summed E-state index contributed by atoms with van der Waals surface area (Å²) in [7, 11) is -3.42. The fourth-order valence-corrected chi connectivity index (χ4v) is 3.95. The molecule has 0 bridgehead atoms. The molecule has 27 heavy (non-hydrogen) atoms. The Labute approximate surface area is 160 Å². The standard InChI is InChI=1S/C19H25N3O4S/c1-27(24,25)22(16-18-8-5-15-26-18)10-9-19(23)21-13-11-20(12-14-21)17-6-3-2-4-7-17/h2-8,15H,9-14,16H2,1H3. The molecule has 146 valence electrons. The van der Waals surface area contributed by atoms with Crippen molar-refractivity contribution in [3.8, 4) is 0 Å². The topological polar surface area (TPSA) is 74.1 Å². The van der Waals surface area contributed by atoms with E-state index in [1.54, 1.807) is 12.1 Å². The molecule has 0 atom stereocenters. The van der Waals surface area contributed by atoms with Crippen molar-refractivity contribution in [2.45, 2.75) is 13.0 Å². The fourth-order valence-electron chi connectivity index (χ4n) is 3.17. The van der Waals surface area contributed by atoms with E-state index in [0.717, 1.165) is 25.0 Å². The molecule has 2 heterocycles. The molecule has 0 aliphatic carbocycles. The minimum atomic E-state index is -3.42. The van der Waals surface area contributed by atoms with Crippen LogP contribution in [-0.2, 0) is 21.4 Å². The Morgan fingerprint density at radius 1 is 1.07 bits per heavy atom. The van der Waals surface area contributed by atoms with Gasteiger partial charge in [0.2, 0.25) is 15.9 Å². The second-order valence-electron chi connectivity index (χ2n) is 6.63. The Kier molecular flexibility index (Phi) is 6.18. The van der Waals surface area contributed by atoms with E-state index >= 15 is 0 Å². The molecule has 1 aliphatic rings. The van der Waals surface area contributed by atoms with E-state index in [2.05, 4.69) is 17.0 Å². The number of amides is 1. The molecule has 1 saturated heterocycles. The van der Waals surface area contributed by atoms with Crippen molar-refractivity contribution in [3.05, 3.63) is 54.5 Å². The first-order valence-electron chi connectivity index (χ1n) is 8.99. The largest absolute Gasteiger partial charge is 0.468 e. The zero-order valence-corrected chi connectivity index (χ0v) is 16.3. The highest BCUT2D eigenvalue weighted by Crippen LogP contribution is 2.16. The molecule has 1 aliphatic heterocycles. The Morgan fingerprint density at radius 2 is 1.78 bits per heavy atom. The van der Waals surface area contributed by atoms with Gasteiger partial charge in [0.1, 0.15) is 5.76 Å². The lowest BCUT2D eigenvalue weighted by molar-refractivity contribution is -0.131. The van der Waals surface area contributed by atoms with E-state index < -0.39 is 10.0 Å². The molecule has 2 aromatic rings. The lowest BCUT2D eigenvalue weighted by atomic mass is 10.2. The van der Waals surface area contributed by atoms with Crippen molar-refractivity contribution in [1.82, 2.24) is 9.21 Å². The number of nitrogens with zero attached hydrogens (tertiary/aromatic N) is 3. The van der Waals surface area contributed by atoms with Gasteiger partial charge in [-0.2, -0.15) is 4.31 Å². The molecule has 1 aromatic heterocycles. The molecule has 0 unspecified atom stereocenters. The van der Waals surface area contributed by atoms with Gasteiger partial charge in [-0.25, -0.2) is 8.42 Å². The highest BCUT2D eigenvalue weighted by atomic mass is 32.2. The first kappa shape index (κ1) is 19.4. The van der Waals surface area contributed by atoms with Crippen molar-refractivity contribution in [2.24, 2.45) is 0 Å². The van der Waals surface area contributed by atoms with Crippen LogP contribution < -0.4 is 4.90 Å². The third-order valence-corrected chi connectivity index (χ3v) is 5.96. The van der Waals surface area contributed by atoms with Crippen molar-refractivity contribution in [3.63, 3.8) is 0 Å². The van der Waals surface area contributed by atoms with Crippen LogP contribution in [0.5, 0.6) is 0 Å². The second-order valence-corrected chi connectivity index (χ2v) is 8.61. The molecule has 0 radical (unpaired) electrons. The van der Waals surface area contributed by atoms with Crippen LogP contribution in [0.3, 0.4) is 0 Å². The summed E-state index contributed by atoms with van der Waals surface area (Å²) in [6, 6.07) is 13.6. The van der Waals surface area contributed by atoms with Gasteiger partial charge in [-0.15, -0.1) is 0 Å². The number of furan rings is 1. The number of hydrogen-bond acceptors (Lipinski definition) is 5. The number of anilines is 1. The predicted octanol–water partition coefficient (Wildman–Crippen LogP) is 1.78. The van der Waals surface area contributed by atoms with Gasteiger partial charge in [0.15, 0.2) is 0 Å². The Balaban J connectivity index is 1.51. The number of carbonyl (C=O) groups excluding carboxylic acids is 1. The Bertz CT molecular complexity index is 829. The van der Waals surface area contributed by atoms with Crippen LogP contribution in [0.25, 0.3) is 0 Å². The number of benzene rings is 1. The zero-order valence-electron chi connectivity index (χ0n) is 15.5. The predicted molar refractivity (Wildman–Crippen MR) is 104 cm³/mol. The van der Waals surface area contributed by atoms with Gasteiger partial charge in [0.25, 0.3) is 0 Å². The summed E-state index contributed by atoms with van der Waals surface area (Å²) in [5, 5.41) is 0. The molecule has 8 heteroatoms. The molecule has 7 nitrogen and oxygen atoms in total. The first-order valence-corrected chi connectivity index (χ1v) is 10.8. The van der Waals surface area contributed by atoms with Crippen molar-refractivity contribution in [2.75, 3.05) is 43.9 Å². The monoisotopic (exact) mass is 391 g/mol. The van der Waals surface area contributed by atoms with E-state index in [4.69, 9.17) is 4.42 Å². The van der Waals surface area contributed by atoms with Crippen LogP contribution in [-0.4, -0.2) is 62.5 Å². The smallest absolute Gasteiger partial charge is 0.224 e.